The third-order valence-electron chi connectivity index (χ3n) is 4.63. The van der Waals surface area contributed by atoms with Crippen LogP contribution in [0.2, 0.25) is 0 Å². The monoisotopic (exact) mass is 363 g/mol. The number of halogens is 1. The van der Waals surface area contributed by atoms with E-state index in [-0.39, 0.29) is 10.9 Å². The van der Waals surface area contributed by atoms with Gasteiger partial charge in [0.25, 0.3) is 0 Å². The molecule has 1 aliphatic rings. The zero-order valence-corrected chi connectivity index (χ0v) is 15.0. The topological polar surface area (TPSA) is 46.6 Å². The number of methoxy groups -OCH3 is 1. The number of ether oxygens (including phenoxy) is 1. The van der Waals surface area contributed by atoms with Crippen molar-refractivity contribution >= 4 is 10.0 Å². The molecule has 0 bridgehead atoms. The van der Waals surface area contributed by atoms with Gasteiger partial charge in [0.2, 0.25) is 10.0 Å². The van der Waals surface area contributed by atoms with Crippen molar-refractivity contribution in [3.8, 4) is 5.75 Å². The van der Waals surface area contributed by atoms with Gasteiger partial charge in [-0.3, -0.25) is 0 Å². The summed E-state index contributed by atoms with van der Waals surface area (Å²) in [6.45, 7) is 0.396. The minimum atomic E-state index is -3.90. The molecule has 1 unspecified atom stereocenters. The van der Waals surface area contributed by atoms with Crippen LogP contribution in [0.5, 0.6) is 5.75 Å². The molecule has 1 saturated heterocycles. The Morgan fingerprint density at radius 3 is 2.44 bits per heavy atom. The smallest absolute Gasteiger partial charge is 0.246 e. The highest BCUT2D eigenvalue weighted by molar-refractivity contribution is 7.89. The normalized spacial score (nSPS) is 19.4. The first kappa shape index (κ1) is 17.9. The van der Waals surface area contributed by atoms with Crippen LogP contribution in [-0.2, 0) is 10.0 Å². The van der Waals surface area contributed by atoms with E-state index in [9.17, 15) is 12.8 Å². The molecule has 1 aliphatic heterocycles. The van der Waals surface area contributed by atoms with Gasteiger partial charge in [0, 0.05) is 6.54 Å². The Kier molecular flexibility index (Phi) is 5.39. The Morgan fingerprint density at radius 2 is 1.76 bits per heavy atom. The molecule has 6 heteroatoms. The van der Waals surface area contributed by atoms with Crippen LogP contribution in [0.25, 0.3) is 0 Å². The summed E-state index contributed by atoms with van der Waals surface area (Å²) in [6, 6.07) is 12.7. The SMILES string of the molecule is COc1ccc(C2CCCCCN2S(=O)(=O)c2ccccc2F)cc1. The maximum Gasteiger partial charge on any atom is 0.246 e. The Balaban J connectivity index is 2.01. The summed E-state index contributed by atoms with van der Waals surface area (Å²) in [6.07, 6.45) is 3.41. The summed E-state index contributed by atoms with van der Waals surface area (Å²) >= 11 is 0. The molecule has 25 heavy (non-hydrogen) atoms. The molecule has 0 spiro atoms. The van der Waals surface area contributed by atoms with Crippen molar-refractivity contribution in [2.45, 2.75) is 36.6 Å². The fraction of sp³-hybridized carbons (Fsp3) is 0.368. The van der Waals surface area contributed by atoms with Crippen molar-refractivity contribution in [3.05, 3.63) is 59.9 Å². The molecule has 2 aromatic carbocycles. The van der Waals surface area contributed by atoms with Crippen molar-refractivity contribution in [2.24, 2.45) is 0 Å². The third kappa shape index (κ3) is 3.70. The van der Waals surface area contributed by atoms with Gasteiger partial charge in [0.15, 0.2) is 0 Å². The second-order valence-corrected chi connectivity index (χ2v) is 8.04. The molecule has 0 aliphatic carbocycles. The first-order chi connectivity index (χ1) is 12.0. The van der Waals surface area contributed by atoms with Crippen LogP contribution in [0.1, 0.15) is 37.3 Å². The standard InChI is InChI=1S/C19H22FNO3S/c1-24-16-12-10-15(11-13-16)18-8-3-2-6-14-21(18)25(22,23)19-9-5-4-7-17(19)20/h4-5,7,9-13,18H,2-3,6,8,14H2,1H3. The number of hydrogen-bond acceptors (Lipinski definition) is 3. The minimum absolute atomic E-state index is 0.254. The highest BCUT2D eigenvalue weighted by atomic mass is 32.2. The van der Waals surface area contributed by atoms with Crippen LogP contribution in [-0.4, -0.2) is 26.4 Å². The van der Waals surface area contributed by atoms with Crippen LogP contribution >= 0.6 is 0 Å². The Morgan fingerprint density at radius 1 is 1.04 bits per heavy atom. The van der Waals surface area contributed by atoms with E-state index in [2.05, 4.69) is 0 Å². The Labute approximate surface area is 148 Å². The zero-order valence-electron chi connectivity index (χ0n) is 14.2. The molecule has 0 radical (unpaired) electrons. The van der Waals surface area contributed by atoms with E-state index in [1.54, 1.807) is 13.2 Å². The van der Waals surface area contributed by atoms with Gasteiger partial charge in [-0.15, -0.1) is 0 Å². The van der Waals surface area contributed by atoms with Crippen LogP contribution in [0.15, 0.2) is 53.4 Å². The van der Waals surface area contributed by atoms with Gasteiger partial charge in [0.05, 0.1) is 13.2 Å². The second kappa shape index (κ2) is 7.54. The lowest BCUT2D eigenvalue weighted by molar-refractivity contribution is 0.327. The summed E-state index contributed by atoms with van der Waals surface area (Å²) in [5.74, 6) is 0.0149. The van der Waals surface area contributed by atoms with Gasteiger partial charge in [-0.1, -0.05) is 37.1 Å². The van der Waals surface area contributed by atoms with E-state index in [1.165, 1.54) is 22.5 Å². The highest BCUT2D eigenvalue weighted by Gasteiger charge is 2.34. The number of sulfonamides is 1. The van der Waals surface area contributed by atoms with Crippen molar-refractivity contribution in [1.82, 2.24) is 4.31 Å². The molecule has 3 rings (SSSR count). The van der Waals surface area contributed by atoms with Crippen LogP contribution in [0, 0.1) is 5.82 Å². The van der Waals surface area contributed by atoms with Gasteiger partial charge in [-0.25, -0.2) is 12.8 Å². The predicted octanol–water partition coefficient (Wildman–Crippen LogP) is 4.14. The number of benzene rings is 2. The molecule has 1 heterocycles. The first-order valence-electron chi connectivity index (χ1n) is 8.44. The molecule has 4 nitrogen and oxygen atoms in total. The maximum atomic E-state index is 14.1. The number of rotatable bonds is 4. The van der Waals surface area contributed by atoms with Crippen LogP contribution in [0.4, 0.5) is 4.39 Å². The first-order valence-corrected chi connectivity index (χ1v) is 9.88. The lowest BCUT2D eigenvalue weighted by Gasteiger charge is -2.29. The van der Waals surface area contributed by atoms with E-state index >= 15 is 0 Å². The van der Waals surface area contributed by atoms with Crippen LogP contribution in [0.3, 0.4) is 0 Å². The van der Waals surface area contributed by atoms with Gasteiger partial charge in [-0.2, -0.15) is 4.31 Å². The molecule has 1 fully saturated rings. The summed E-state index contributed by atoms with van der Waals surface area (Å²) in [4.78, 5) is -0.254. The highest BCUT2D eigenvalue weighted by Crippen LogP contribution is 2.35. The van der Waals surface area contributed by atoms with Crippen molar-refractivity contribution in [2.75, 3.05) is 13.7 Å². The Hall–Kier alpha value is -1.92. The molecule has 0 aromatic heterocycles. The minimum Gasteiger partial charge on any atom is -0.497 e. The van der Waals surface area contributed by atoms with E-state index in [1.807, 2.05) is 24.3 Å². The zero-order chi connectivity index (χ0) is 17.9. The van der Waals surface area contributed by atoms with Gasteiger partial charge in [0.1, 0.15) is 16.5 Å². The lowest BCUT2D eigenvalue weighted by atomic mass is 10.0. The number of hydrogen-bond donors (Lipinski definition) is 0. The maximum absolute atomic E-state index is 14.1. The van der Waals surface area contributed by atoms with E-state index in [0.29, 0.717) is 6.54 Å². The summed E-state index contributed by atoms with van der Waals surface area (Å²) in [5, 5.41) is 0. The van der Waals surface area contributed by atoms with Gasteiger partial charge in [-0.05, 0) is 42.7 Å². The van der Waals surface area contributed by atoms with Crippen LogP contribution < -0.4 is 4.74 Å². The van der Waals surface area contributed by atoms with E-state index in [0.717, 1.165) is 37.0 Å². The van der Waals surface area contributed by atoms with E-state index in [4.69, 9.17) is 4.74 Å². The fourth-order valence-electron chi connectivity index (χ4n) is 3.31. The van der Waals surface area contributed by atoms with Crippen molar-refractivity contribution in [1.29, 1.82) is 0 Å². The van der Waals surface area contributed by atoms with Crippen molar-refractivity contribution in [3.63, 3.8) is 0 Å². The third-order valence-corrected chi connectivity index (χ3v) is 6.57. The predicted molar refractivity (Wildman–Crippen MR) is 94.5 cm³/mol. The Bertz CT molecular complexity index is 821. The average Bonchev–Trinajstić information content (AvgIpc) is 2.88. The molecule has 0 amide bonds. The molecule has 0 N–H and O–H groups in total. The summed E-state index contributed by atoms with van der Waals surface area (Å²) < 4.78 is 47.0. The molecule has 1 atom stereocenters. The average molecular weight is 363 g/mol. The summed E-state index contributed by atoms with van der Waals surface area (Å²) in [5.41, 5.74) is 0.905. The molecule has 134 valence electrons. The molecular formula is C19H22FNO3S. The quantitative estimate of drug-likeness (QED) is 0.820. The lowest BCUT2D eigenvalue weighted by Crippen LogP contribution is -2.35. The molecule has 2 aromatic rings. The number of nitrogens with zero attached hydrogens (tertiary/aromatic N) is 1. The molecule has 0 saturated carbocycles. The van der Waals surface area contributed by atoms with E-state index < -0.39 is 15.8 Å². The van der Waals surface area contributed by atoms with Gasteiger partial charge >= 0.3 is 0 Å². The molecular weight excluding hydrogens is 341 g/mol. The summed E-state index contributed by atoms with van der Waals surface area (Å²) in [7, 11) is -2.31. The second-order valence-electron chi connectivity index (χ2n) is 6.18. The largest absolute Gasteiger partial charge is 0.497 e. The fourth-order valence-corrected chi connectivity index (χ4v) is 5.06. The van der Waals surface area contributed by atoms with Crippen molar-refractivity contribution < 1.29 is 17.5 Å². The van der Waals surface area contributed by atoms with Gasteiger partial charge < -0.3 is 4.74 Å².